The maximum absolute atomic E-state index is 12.0. The Balaban J connectivity index is 2.16. The molecule has 1 aliphatic rings. The molecule has 7 nitrogen and oxygen atoms in total. The highest BCUT2D eigenvalue weighted by atomic mass is 32.2. The zero-order valence-corrected chi connectivity index (χ0v) is 11.0. The number of ether oxygens (including phenoxy) is 1. The second-order valence-corrected chi connectivity index (χ2v) is 6.17. The van der Waals surface area contributed by atoms with Crippen molar-refractivity contribution in [2.75, 3.05) is 31.0 Å². The van der Waals surface area contributed by atoms with E-state index >= 15 is 0 Å². The SMILES string of the molecule is O=C(O)c1sccc1NS(=O)(=O)N1CCOCC1. The lowest BCUT2D eigenvalue weighted by Crippen LogP contribution is -2.43. The largest absolute Gasteiger partial charge is 0.477 e. The molecule has 1 aliphatic heterocycles. The Morgan fingerprint density at radius 1 is 1.44 bits per heavy atom. The van der Waals surface area contributed by atoms with Gasteiger partial charge in [-0.05, 0) is 11.4 Å². The quantitative estimate of drug-likeness (QED) is 0.839. The number of hydrogen-bond acceptors (Lipinski definition) is 5. The number of carboxylic acids is 1. The summed E-state index contributed by atoms with van der Waals surface area (Å²) < 4.78 is 32.6. The van der Waals surface area contributed by atoms with Crippen LogP contribution >= 0.6 is 11.3 Å². The standard InChI is InChI=1S/C9H12N2O5S2/c12-9(13)8-7(1-6-17-8)10-18(14,15)11-2-4-16-5-3-11/h1,6,10H,2-5H2,(H,12,13). The summed E-state index contributed by atoms with van der Waals surface area (Å²) in [6.07, 6.45) is 0. The van der Waals surface area contributed by atoms with E-state index in [2.05, 4.69) is 4.72 Å². The van der Waals surface area contributed by atoms with Crippen molar-refractivity contribution >= 4 is 33.2 Å². The molecular formula is C9H12N2O5S2. The molecule has 1 saturated heterocycles. The molecule has 2 N–H and O–H groups in total. The lowest BCUT2D eigenvalue weighted by Gasteiger charge is -2.26. The first kappa shape index (κ1) is 13.3. The summed E-state index contributed by atoms with van der Waals surface area (Å²) in [5, 5.41) is 10.4. The number of aromatic carboxylic acids is 1. The molecule has 1 aromatic heterocycles. The second kappa shape index (κ2) is 5.22. The Morgan fingerprint density at radius 3 is 2.72 bits per heavy atom. The van der Waals surface area contributed by atoms with E-state index in [4.69, 9.17) is 9.84 Å². The van der Waals surface area contributed by atoms with Gasteiger partial charge in [0.25, 0.3) is 0 Å². The fourth-order valence-corrected chi connectivity index (χ4v) is 3.50. The first-order valence-corrected chi connectivity index (χ1v) is 7.49. The average molecular weight is 292 g/mol. The molecule has 1 fully saturated rings. The molecule has 0 bridgehead atoms. The summed E-state index contributed by atoms with van der Waals surface area (Å²) in [7, 11) is -3.72. The topological polar surface area (TPSA) is 95.9 Å². The van der Waals surface area contributed by atoms with Crippen LogP contribution in [0.3, 0.4) is 0 Å². The van der Waals surface area contributed by atoms with E-state index in [1.54, 1.807) is 0 Å². The van der Waals surface area contributed by atoms with Gasteiger partial charge in [-0.3, -0.25) is 4.72 Å². The zero-order chi connectivity index (χ0) is 13.2. The minimum Gasteiger partial charge on any atom is -0.477 e. The number of thiophene rings is 1. The van der Waals surface area contributed by atoms with Crippen LogP contribution < -0.4 is 4.72 Å². The van der Waals surface area contributed by atoms with Crippen LogP contribution in [0, 0.1) is 0 Å². The van der Waals surface area contributed by atoms with Gasteiger partial charge in [-0.2, -0.15) is 12.7 Å². The smallest absolute Gasteiger partial charge is 0.348 e. The molecular weight excluding hydrogens is 280 g/mol. The number of morpholine rings is 1. The Bertz CT molecular complexity index is 533. The van der Waals surface area contributed by atoms with Crippen LogP contribution in [0.5, 0.6) is 0 Å². The highest BCUT2D eigenvalue weighted by molar-refractivity contribution is 7.90. The van der Waals surface area contributed by atoms with Gasteiger partial charge in [-0.15, -0.1) is 11.3 Å². The van der Waals surface area contributed by atoms with Gasteiger partial charge < -0.3 is 9.84 Å². The van der Waals surface area contributed by atoms with Gasteiger partial charge in [-0.1, -0.05) is 0 Å². The van der Waals surface area contributed by atoms with E-state index < -0.39 is 16.2 Å². The minimum atomic E-state index is -3.72. The number of carboxylic acid groups (broad SMARTS) is 1. The van der Waals surface area contributed by atoms with Crippen molar-refractivity contribution in [3.8, 4) is 0 Å². The molecule has 0 saturated carbocycles. The second-order valence-electron chi connectivity index (χ2n) is 3.59. The van der Waals surface area contributed by atoms with Gasteiger partial charge in [0, 0.05) is 13.1 Å². The number of anilines is 1. The Kier molecular flexibility index (Phi) is 3.85. The monoisotopic (exact) mass is 292 g/mol. The molecule has 0 aromatic carbocycles. The molecule has 0 unspecified atom stereocenters. The van der Waals surface area contributed by atoms with Crippen LogP contribution in [0.25, 0.3) is 0 Å². The summed E-state index contributed by atoms with van der Waals surface area (Å²) in [6.45, 7) is 1.22. The molecule has 1 aromatic rings. The maximum Gasteiger partial charge on any atom is 0.348 e. The highest BCUT2D eigenvalue weighted by Crippen LogP contribution is 2.24. The van der Waals surface area contributed by atoms with Crippen LogP contribution in [0.4, 0.5) is 5.69 Å². The van der Waals surface area contributed by atoms with E-state index in [1.807, 2.05) is 0 Å². The number of hydrogen-bond donors (Lipinski definition) is 2. The first-order valence-electron chi connectivity index (χ1n) is 5.17. The van der Waals surface area contributed by atoms with Crippen molar-refractivity contribution < 1.29 is 23.1 Å². The van der Waals surface area contributed by atoms with Crippen LogP contribution in [0.2, 0.25) is 0 Å². The van der Waals surface area contributed by atoms with Crippen LogP contribution in [0.15, 0.2) is 11.4 Å². The Hall–Kier alpha value is -1.16. The van der Waals surface area contributed by atoms with E-state index in [0.29, 0.717) is 13.2 Å². The van der Waals surface area contributed by atoms with E-state index in [0.717, 1.165) is 11.3 Å². The van der Waals surface area contributed by atoms with E-state index in [-0.39, 0.29) is 23.7 Å². The Morgan fingerprint density at radius 2 is 2.11 bits per heavy atom. The van der Waals surface area contributed by atoms with Crippen LogP contribution in [0.1, 0.15) is 9.67 Å². The Labute approximate surface area is 108 Å². The van der Waals surface area contributed by atoms with Crippen LogP contribution in [-0.4, -0.2) is 50.1 Å². The van der Waals surface area contributed by atoms with Crippen molar-refractivity contribution in [3.05, 3.63) is 16.3 Å². The molecule has 0 atom stereocenters. The first-order chi connectivity index (χ1) is 8.50. The van der Waals surface area contributed by atoms with Gasteiger partial charge in [0.2, 0.25) is 0 Å². The predicted octanol–water partition coefficient (Wildman–Crippen LogP) is 0.435. The highest BCUT2D eigenvalue weighted by Gasteiger charge is 2.26. The van der Waals surface area contributed by atoms with E-state index in [9.17, 15) is 13.2 Å². The fourth-order valence-electron chi connectivity index (χ4n) is 1.55. The average Bonchev–Trinajstić information content (AvgIpc) is 2.78. The van der Waals surface area contributed by atoms with Crippen molar-refractivity contribution in [2.45, 2.75) is 0 Å². The molecule has 0 spiro atoms. The lowest BCUT2D eigenvalue weighted by molar-refractivity contribution is 0.0702. The molecule has 2 rings (SSSR count). The number of nitrogens with one attached hydrogen (secondary N) is 1. The summed E-state index contributed by atoms with van der Waals surface area (Å²) >= 11 is 0.975. The van der Waals surface area contributed by atoms with E-state index in [1.165, 1.54) is 15.8 Å². The van der Waals surface area contributed by atoms with Gasteiger partial charge in [-0.25, -0.2) is 4.79 Å². The normalized spacial score (nSPS) is 17.6. The number of nitrogens with zero attached hydrogens (tertiary/aromatic N) is 1. The molecule has 0 radical (unpaired) electrons. The molecule has 100 valence electrons. The molecule has 0 aliphatic carbocycles. The van der Waals surface area contributed by atoms with Gasteiger partial charge in [0.05, 0.1) is 18.9 Å². The predicted molar refractivity (Wildman–Crippen MR) is 66.2 cm³/mol. The number of carbonyl (C=O) groups is 1. The summed E-state index contributed by atoms with van der Waals surface area (Å²) in [6, 6.07) is 1.44. The van der Waals surface area contributed by atoms with Gasteiger partial charge >= 0.3 is 16.2 Å². The van der Waals surface area contributed by atoms with Crippen molar-refractivity contribution in [1.29, 1.82) is 0 Å². The third kappa shape index (κ3) is 2.80. The minimum absolute atomic E-state index is 0.0214. The molecule has 18 heavy (non-hydrogen) atoms. The summed E-state index contributed by atoms with van der Waals surface area (Å²) in [5.74, 6) is -1.15. The van der Waals surface area contributed by atoms with Gasteiger partial charge in [0.15, 0.2) is 0 Å². The zero-order valence-electron chi connectivity index (χ0n) is 9.33. The van der Waals surface area contributed by atoms with Gasteiger partial charge in [0.1, 0.15) is 4.88 Å². The fraction of sp³-hybridized carbons (Fsp3) is 0.444. The molecule has 9 heteroatoms. The summed E-state index contributed by atoms with van der Waals surface area (Å²) in [4.78, 5) is 10.9. The number of rotatable bonds is 4. The third-order valence-corrected chi connectivity index (χ3v) is 4.83. The van der Waals surface area contributed by atoms with Crippen molar-refractivity contribution in [3.63, 3.8) is 0 Å². The summed E-state index contributed by atoms with van der Waals surface area (Å²) in [5.41, 5.74) is 0.0963. The third-order valence-electron chi connectivity index (χ3n) is 2.41. The van der Waals surface area contributed by atoms with Crippen molar-refractivity contribution in [1.82, 2.24) is 4.31 Å². The molecule has 0 amide bonds. The molecule has 2 heterocycles. The van der Waals surface area contributed by atoms with Crippen LogP contribution in [-0.2, 0) is 14.9 Å². The van der Waals surface area contributed by atoms with Crippen molar-refractivity contribution in [2.24, 2.45) is 0 Å². The maximum atomic E-state index is 12.0. The lowest BCUT2D eigenvalue weighted by atomic mass is 10.4.